The topological polar surface area (TPSA) is 66.0 Å². The van der Waals surface area contributed by atoms with Gasteiger partial charge in [-0.15, -0.1) is 12.4 Å². The minimum atomic E-state index is 0. The molecule has 0 aliphatic heterocycles. The zero-order valence-corrected chi connectivity index (χ0v) is 14.5. The number of nitrogens with zero attached hydrogens (tertiary/aromatic N) is 3. The minimum Gasteiger partial charge on any atom is -0.382 e. The van der Waals surface area contributed by atoms with E-state index in [1.807, 2.05) is 31.5 Å². The molecule has 0 aliphatic rings. The maximum absolute atomic E-state index is 6.09. The lowest BCUT2D eigenvalue weighted by atomic mass is 10.0. The van der Waals surface area contributed by atoms with Gasteiger partial charge in [-0.05, 0) is 18.9 Å². The second-order valence-electron chi connectivity index (χ2n) is 5.83. The predicted octanol–water partition coefficient (Wildman–Crippen LogP) is 3.82. The van der Waals surface area contributed by atoms with Crippen LogP contribution in [0.3, 0.4) is 0 Å². The fourth-order valence-electron chi connectivity index (χ4n) is 2.85. The van der Waals surface area contributed by atoms with Crippen LogP contribution in [-0.4, -0.2) is 27.7 Å². The lowest BCUT2D eigenvalue weighted by Gasteiger charge is -2.23. The van der Waals surface area contributed by atoms with E-state index in [0.717, 1.165) is 21.9 Å². The van der Waals surface area contributed by atoms with Crippen LogP contribution in [-0.2, 0) is 4.74 Å². The Kier molecular flexibility index (Phi) is 5.44. The monoisotopic (exact) mass is 334 g/mol. The highest BCUT2D eigenvalue weighted by Crippen LogP contribution is 2.31. The molecule has 0 amide bonds. The van der Waals surface area contributed by atoms with Crippen molar-refractivity contribution in [1.82, 2.24) is 14.5 Å². The molecule has 0 saturated heterocycles. The Morgan fingerprint density at radius 2 is 2.00 bits per heavy atom. The molecule has 5 nitrogen and oxygen atoms in total. The Morgan fingerprint density at radius 3 is 2.70 bits per heavy atom. The Hall–Kier alpha value is -1.85. The molecule has 0 spiro atoms. The molecule has 1 aromatic carbocycles. The highest BCUT2D eigenvalue weighted by atomic mass is 35.5. The van der Waals surface area contributed by atoms with E-state index in [2.05, 4.69) is 34.4 Å². The summed E-state index contributed by atoms with van der Waals surface area (Å²) in [4.78, 5) is 8.95. The molecule has 0 saturated carbocycles. The summed E-state index contributed by atoms with van der Waals surface area (Å²) < 4.78 is 7.87. The largest absolute Gasteiger partial charge is 0.382 e. The van der Waals surface area contributed by atoms with Gasteiger partial charge in [-0.1, -0.05) is 32.0 Å². The SMILES string of the molecule is CCOCC(C(C)C)n1cnc2c(N)nc3ccccc3c21.Cl. The van der Waals surface area contributed by atoms with E-state index in [1.54, 1.807) is 0 Å². The van der Waals surface area contributed by atoms with Crippen LogP contribution < -0.4 is 5.73 Å². The third-order valence-electron chi connectivity index (χ3n) is 4.06. The Labute approximate surface area is 142 Å². The number of rotatable bonds is 5. The van der Waals surface area contributed by atoms with Gasteiger partial charge in [0.25, 0.3) is 0 Å². The minimum absolute atomic E-state index is 0. The zero-order valence-electron chi connectivity index (χ0n) is 13.7. The molecule has 0 bridgehead atoms. The molecular weight excluding hydrogens is 312 g/mol. The van der Waals surface area contributed by atoms with Gasteiger partial charge < -0.3 is 15.0 Å². The van der Waals surface area contributed by atoms with E-state index in [0.29, 0.717) is 24.9 Å². The number of nitrogens with two attached hydrogens (primary N) is 1. The van der Waals surface area contributed by atoms with Crippen molar-refractivity contribution < 1.29 is 4.74 Å². The summed E-state index contributed by atoms with van der Waals surface area (Å²) in [6, 6.07) is 8.26. The molecule has 6 heteroatoms. The van der Waals surface area contributed by atoms with Gasteiger partial charge in [0.2, 0.25) is 0 Å². The number of aromatic nitrogens is 3. The van der Waals surface area contributed by atoms with Crippen LogP contribution in [0.1, 0.15) is 26.8 Å². The molecular formula is C17H23ClN4O. The normalized spacial score (nSPS) is 12.7. The van der Waals surface area contributed by atoms with Crippen LogP contribution in [0.2, 0.25) is 0 Å². The standard InChI is InChI=1S/C17H22N4O.ClH/c1-4-22-9-14(11(2)3)21-10-19-15-16(21)12-7-5-6-8-13(12)20-17(15)18;/h5-8,10-11,14H,4,9H2,1-3H3,(H2,18,20);1H. The first-order valence-electron chi connectivity index (χ1n) is 7.72. The molecule has 2 N–H and O–H groups in total. The second-order valence-corrected chi connectivity index (χ2v) is 5.83. The first kappa shape index (κ1) is 17.5. The van der Waals surface area contributed by atoms with E-state index < -0.39 is 0 Å². The van der Waals surface area contributed by atoms with Crippen LogP contribution in [0.4, 0.5) is 5.82 Å². The first-order valence-corrected chi connectivity index (χ1v) is 7.72. The van der Waals surface area contributed by atoms with Crippen LogP contribution in [0.25, 0.3) is 21.9 Å². The highest BCUT2D eigenvalue weighted by molar-refractivity contribution is 6.06. The van der Waals surface area contributed by atoms with Crippen molar-refractivity contribution in [3.05, 3.63) is 30.6 Å². The molecule has 23 heavy (non-hydrogen) atoms. The number of nitrogen functional groups attached to an aromatic ring is 1. The fourth-order valence-corrected chi connectivity index (χ4v) is 2.85. The van der Waals surface area contributed by atoms with E-state index >= 15 is 0 Å². The van der Waals surface area contributed by atoms with Crippen molar-refractivity contribution in [2.45, 2.75) is 26.8 Å². The molecule has 2 heterocycles. The van der Waals surface area contributed by atoms with Gasteiger partial charge in [0.1, 0.15) is 5.52 Å². The zero-order chi connectivity index (χ0) is 15.7. The van der Waals surface area contributed by atoms with Crippen molar-refractivity contribution in [3.8, 4) is 0 Å². The average molecular weight is 335 g/mol. The number of fused-ring (bicyclic) bond motifs is 3. The number of benzene rings is 1. The molecule has 0 fully saturated rings. The molecule has 124 valence electrons. The fraction of sp³-hybridized carbons (Fsp3) is 0.412. The lowest BCUT2D eigenvalue weighted by molar-refractivity contribution is 0.0980. The number of ether oxygens (including phenoxy) is 1. The highest BCUT2D eigenvalue weighted by Gasteiger charge is 2.21. The van der Waals surface area contributed by atoms with Crippen LogP contribution in [0.5, 0.6) is 0 Å². The smallest absolute Gasteiger partial charge is 0.152 e. The third-order valence-corrected chi connectivity index (χ3v) is 4.06. The summed E-state index contributed by atoms with van der Waals surface area (Å²) >= 11 is 0. The summed E-state index contributed by atoms with van der Waals surface area (Å²) in [5.74, 6) is 0.906. The van der Waals surface area contributed by atoms with Crippen molar-refractivity contribution in [2.24, 2.45) is 5.92 Å². The van der Waals surface area contributed by atoms with E-state index in [4.69, 9.17) is 10.5 Å². The first-order chi connectivity index (χ1) is 10.6. The van der Waals surface area contributed by atoms with Crippen LogP contribution in [0, 0.1) is 5.92 Å². The number of hydrogen-bond acceptors (Lipinski definition) is 4. The van der Waals surface area contributed by atoms with Crippen LogP contribution >= 0.6 is 12.4 Å². The summed E-state index contributed by atoms with van der Waals surface area (Å²) in [7, 11) is 0. The number of para-hydroxylation sites is 1. The Morgan fingerprint density at radius 1 is 1.26 bits per heavy atom. The average Bonchev–Trinajstić information content (AvgIpc) is 2.93. The number of pyridine rings is 1. The van der Waals surface area contributed by atoms with Gasteiger partial charge in [0.05, 0.1) is 30.0 Å². The van der Waals surface area contributed by atoms with Crippen molar-refractivity contribution in [3.63, 3.8) is 0 Å². The number of imidazole rings is 1. The van der Waals surface area contributed by atoms with Gasteiger partial charge in [0, 0.05) is 12.0 Å². The summed E-state index contributed by atoms with van der Waals surface area (Å²) in [6.45, 7) is 7.78. The maximum atomic E-state index is 6.09. The summed E-state index contributed by atoms with van der Waals surface area (Å²) in [5, 5.41) is 1.08. The molecule has 2 aromatic heterocycles. The van der Waals surface area contributed by atoms with Crippen LogP contribution in [0.15, 0.2) is 30.6 Å². The van der Waals surface area contributed by atoms with Gasteiger partial charge in [-0.25, -0.2) is 9.97 Å². The predicted molar refractivity (Wildman–Crippen MR) is 97.1 cm³/mol. The Balaban J connectivity index is 0.00000192. The maximum Gasteiger partial charge on any atom is 0.152 e. The molecule has 1 atom stereocenters. The number of hydrogen-bond donors (Lipinski definition) is 1. The van der Waals surface area contributed by atoms with Gasteiger partial charge in [0.15, 0.2) is 5.82 Å². The number of anilines is 1. The molecule has 3 aromatic rings. The van der Waals surface area contributed by atoms with Gasteiger partial charge in [-0.2, -0.15) is 0 Å². The molecule has 0 aliphatic carbocycles. The quantitative estimate of drug-likeness (QED) is 0.770. The molecule has 3 rings (SSSR count). The molecule has 1 unspecified atom stereocenters. The van der Waals surface area contributed by atoms with Gasteiger partial charge >= 0.3 is 0 Å². The number of halogens is 1. The van der Waals surface area contributed by atoms with Crippen molar-refractivity contribution in [1.29, 1.82) is 0 Å². The lowest BCUT2D eigenvalue weighted by Crippen LogP contribution is -2.20. The Bertz CT molecular complexity index is 800. The summed E-state index contributed by atoms with van der Waals surface area (Å²) in [5.41, 5.74) is 8.80. The van der Waals surface area contributed by atoms with E-state index in [9.17, 15) is 0 Å². The molecule has 0 radical (unpaired) electrons. The van der Waals surface area contributed by atoms with E-state index in [1.165, 1.54) is 0 Å². The third kappa shape index (κ3) is 3.12. The van der Waals surface area contributed by atoms with Crippen molar-refractivity contribution >= 4 is 40.2 Å². The van der Waals surface area contributed by atoms with Gasteiger partial charge in [-0.3, -0.25) is 0 Å². The van der Waals surface area contributed by atoms with Crippen molar-refractivity contribution in [2.75, 3.05) is 18.9 Å². The summed E-state index contributed by atoms with van der Waals surface area (Å²) in [6.07, 6.45) is 1.86. The van der Waals surface area contributed by atoms with E-state index in [-0.39, 0.29) is 18.4 Å². The second kappa shape index (κ2) is 7.15.